The van der Waals surface area contributed by atoms with E-state index in [1.54, 1.807) is 0 Å². The van der Waals surface area contributed by atoms with Crippen molar-refractivity contribution in [2.24, 2.45) is 0 Å². The summed E-state index contributed by atoms with van der Waals surface area (Å²) in [5, 5.41) is 4.74. The van der Waals surface area contributed by atoms with Crippen LogP contribution in [0.2, 0.25) is 0 Å². The Kier molecular flexibility index (Phi) is 7.60. The zero-order valence-electron chi connectivity index (χ0n) is 17.1. The number of halogens is 1. The number of piperidine rings is 1. The van der Waals surface area contributed by atoms with Gasteiger partial charge in [-0.25, -0.2) is 22.4 Å². The maximum Gasteiger partial charge on any atom is 0.338 e. The fraction of sp³-hybridized carbons (Fsp3) is 0.550. The fourth-order valence-corrected chi connectivity index (χ4v) is 5.35. The molecule has 1 aliphatic carbocycles. The number of esters is 1. The monoisotopic (exact) mass is 455 g/mol. The van der Waals surface area contributed by atoms with Gasteiger partial charge in [0.1, 0.15) is 10.7 Å². The number of amides is 3. The lowest BCUT2D eigenvalue weighted by Gasteiger charge is -2.26. The summed E-state index contributed by atoms with van der Waals surface area (Å²) in [6.45, 7) is -0.151. The van der Waals surface area contributed by atoms with Crippen LogP contribution in [0.25, 0.3) is 0 Å². The van der Waals surface area contributed by atoms with E-state index in [9.17, 15) is 27.2 Å². The van der Waals surface area contributed by atoms with E-state index in [1.807, 2.05) is 0 Å². The predicted molar refractivity (Wildman–Crippen MR) is 108 cm³/mol. The highest BCUT2D eigenvalue weighted by molar-refractivity contribution is 7.89. The Hall–Kier alpha value is -2.53. The van der Waals surface area contributed by atoms with Crippen LogP contribution in [0.4, 0.5) is 9.18 Å². The van der Waals surface area contributed by atoms with Crippen LogP contribution in [-0.4, -0.2) is 56.4 Å². The molecule has 3 rings (SSSR count). The SMILES string of the molecule is O=C(COC(=O)c1ccc(F)c(S(=O)(=O)N2CCCCC2)c1)NC(=O)NC1CCCC1. The van der Waals surface area contributed by atoms with E-state index in [2.05, 4.69) is 10.6 Å². The lowest BCUT2D eigenvalue weighted by atomic mass is 10.2. The molecule has 1 heterocycles. The summed E-state index contributed by atoms with van der Waals surface area (Å²) in [6.07, 6.45) is 6.01. The molecule has 1 aliphatic heterocycles. The first-order valence-electron chi connectivity index (χ1n) is 10.3. The molecule has 1 aromatic rings. The summed E-state index contributed by atoms with van der Waals surface area (Å²) >= 11 is 0. The fourth-order valence-electron chi connectivity index (χ4n) is 3.74. The van der Waals surface area contributed by atoms with Crippen molar-refractivity contribution in [2.45, 2.75) is 55.9 Å². The highest BCUT2D eigenvalue weighted by atomic mass is 32.2. The number of hydrogen-bond donors (Lipinski definition) is 2. The summed E-state index contributed by atoms with van der Waals surface area (Å²) < 4.78 is 45.8. The molecule has 1 saturated heterocycles. The average molecular weight is 456 g/mol. The molecule has 2 N–H and O–H groups in total. The van der Waals surface area contributed by atoms with Gasteiger partial charge in [0.2, 0.25) is 10.0 Å². The van der Waals surface area contributed by atoms with E-state index in [0.717, 1.165) is 50.3 Å². The van der Waals surface area contributed by atoms with Crippen LogP contribution in [0, 0.1) is 5.82 Å². The Labute approximate surface area is 180 Å². The molecule has 0 bridgehead atoms. The molecule has 3 amide bonds. The maximum absolute atomic E-state index is 14.2. The van der Waals surface area contributed by atoms with E-state index < -0.39 is 45.3 Å². The van der Waals surface area contributed by atoms with Gasteiger partial charge in [0.05, 0.1) is 5.56 Å². The van der Waals surface area contributed by atoms with Crippen LogP contribution in [0.15, 0.2) is 23.1 Å². The highest BCUT2D eigenvalue weighted by Crippen LogP contribution is 2.24. The third kappa shape index (κ3) is 6.01. The van der Waals surface area contributed by atoms with Gasteiger partial charge < -0.3 is 10.1 Å². The molecule has 0 aromatic heterocycles. The Morgan fingerprint density at radius 3 is 2.42 bits per heavy atom. The first-order chi connectivity index (χ1) is 14.8. The van der Waals surface area contributed by atoms with Crippen molar-refractivity contribution in [3.05, 3.63) is 29.6 Å². The van der Waals surface area contributed by atoms with E-state index >= 15 is 0 Å². The smallest absolute Gasteiger partial charge is 0.338 e. The van der Waals surface area contributed by atoms with Crippen LogP contribution >= 0.6 is 0 Å². The van der Waals surface area contributed by atoms with Crippen molar-refractivity contribution in [3.8, 4) is 0 Å². The molecule has 1 saturated carbocycles. The molecule has 0 unspecified atom stereocenters. The average Bonchev–Trinajstić information content (AvgIpc) is 3.25. The molecule has 2 fully saturated rings. The lowest BCUT2D eigenvalue weighted by Crippen LogP contribution is -2.45. The van der Waals surface area contributed by atoms with Gasteiger partial charge in [0.25, 0.3) is 5.91 Å². The summed E-state index contributed by atoms with van der Waals surface area (Å²) in [5.41, 5.74) is -0.208. The van der Waals surface area contributed by atoms with Crippen LogP contribution < -0.4 is 10.6 Å². The minimum atomic E-state index is -4.09. The second kappa shape index (κ2) is 10.2. The molecule has 31 heavy (non-hydrogen) atoms. The van der Waals surface area contributed by atoms with Gasteiger partial charge in [-0.2, -0.15) is 4.31 Å². The summed E-state index contributed by atoms with van der Waals surface area (Å²) in [7, 11) is -4.09. The Balaban J connectivity index is 1.58. The van der Waals surface area contributed by atoms with Gasteiger partial charge in [0, 0.05) is 19.1 Å². The van der Waals surface area contributed by atoms with Gasteiger partial charge in [-0.15, -0.1) is 0 Å². The van der Waals surface area contributed by atoms with E-state index in [4.69, 9.17) is 4.74 Å². The van der Waals surface area contributed by atoms with Crippen molar-refractivity contribution < 1.29 is 31.9 Å². The second-order valence-corrected chi connectivity index (χ2v) is 9.60. The number of nitrogens with one attached hydrogen (secondary N) is 2. The van der Waals surface area contributed by atoms with E-state index in [1.165, 1.54) is 4.31 Å². The first kappa shape index (κ1) is 23.1. The third-order valence-corrected chi connectivity index (χ3v) is 7.29. The Morgan fingerprint density at radius 1 is 1.06 bits per heavy atom. The van der Waals surface area contributed by atoms with Crippen LogP contribution in [-0.2, 0) is 19.6 Å². The van der Waals surface area contributed by atoms with Crippen molar-refractivity contribution in [1.82, 2.24) is 14.9 Å². The molecule has 0 radical (unpaired) electrons. The number of imide groups is 1. The molecule has 170 valence electrons. The van der Waals surface area contributed by atoms with Crippen molar-refractivity contribution in [2.75, 3.05) is 19.7 Å². The van der Waals surface area contributed by atoms with Gasteiger partial charge >= 0.3 is 12.0 Å². The number of ether oxygens (including phenoxy) is 1. The number of urea groups is 1. The predicted octanol–water partition coefficient (Wildman–Crippen LogP) is 1.93. The number of sulfonamides is 1. The largest absolute Gasteiger partial charge is 0.452 e. The van der Waals surface area contributed by atoms with Crippen LogP contribution in [0.3, 0.4) is 0 Å². The molecule has 0 atom stereocenters. The molecular weight excluding hydrogens is 429 g/mol. The normalized spacial score (nSPS) is 17.8. The lowest BCUT2D eigenvalue weighted by molar-refractivity contribution is -0.123. The van der Waals surface area contributed by atoms with Crippen molar-refractivity contribution >= 4 is 27.9 Å². The number of benzene rings is 1. The number of hydrogen-bond acceptors (Lipinski definition) is 6. The summed E-state index contributed by atoms with van der Waals surface area (Å²) in [6, 6.07) is 2.23. The van der Waals surface area contributed by atoms with Gasteiger partial charge in [-0.3, -0.25) is 10.1 Å². The van der Waals surface area contributed by atoms with E-state index in [0.29, 0.717) is 25.9 Å². The maximum atomic E-state index is 14.2. The molecule has 9 nitrogen and oxygen atoms in total. The minimum absolute atomic E-state index is 0.0230. The van der Waals surface area contributed by atoms with Crippen molar-refractivity contribution in [3.63, 3.8) is 0 Å². The van der Waals surface area contributed by atoms with Gasteiger partial charge in [0.15, 0.2) is 6.61 Å². The zero-order valence-corrected chi connectivity index (χ0v) is 17.9. The molecule has 1 aromatic carbocycles. The third-order valence-electron chi connectivity index (χ3n) is 5.38. The molecule has 2 aliphatic rings. The quantitative estimate of drug-likeness (QED) is 0.632. The van der Waals surface area contributed by atoms with Gasteiger partial charge in [-0.1, -0.05) is 19.3 Å². The minimum Gasteiger partial charge on any atom is -0.452 e. The van der Waals surface area contributed by atoms with Crippen molar-refractivity contribution in [1.29, 1.82) is 0 Å². The first-order valence-corrected chi connectivity index (χ1v) is 11.8. The number of rotatable bonds is 6. The summed E-state index contributed by atoms with van der Waals surface area (Å²) in [5.74, 6) is -2.79. The molecule has 0 spiro atoms. The standard InChI is InChI=1S/C20H26FN3O6S/c21-16-9-8-14(12-17(16)31(28,29)24-10-4-1-5-11-24)19(26)30-13-18(25)23-20(27)22-15-6-2-3-7-15/h8-9,12,15H,1-7,10-11,13H2,(H2,22,23,25,27). The number of nitrogens with zero attached hydrogens (tertiary/aromatic N) is 1. The molecular formula is C20H26FN3O6S. The number of carbonyl (C=O) groups is 3. The Morgan fingerprint density at radius 2 is 1.74 bits per heavy atom. The zero-order chi connectivity index (χ0) is 22.4. The number of carbonyl (C=O) groups excluding carboxylic acids is 3. The Bertz CT molecular complexity index is 940. The second-order valence-electron chi connectivity index (χ2n) is 7.69. The van der Waals surface area contributed by atoms with Crippen LogP contribution in [0.1, 0.15) is 55.3 Å². The summed E-state index contributed by atoms with van der Waals surface area (Å²) in [4.78, 5) is 35.2. The highest BCUT2D eigenvalue weighted by Gasteiger charge is 2.29. The van der Waals surface area contributed by atoms with E-state index in [-0.39, 0.29) is 11.6 Å². The molecule has 11 heteroatoms. The van der Waals surface area contributed by atoms with Gasteiger partial charge in [-0.05, 0) is 43.9 Å². The van der Waals surface area contributed by atoms with Crippen LogP contribution in [0.5, 0.6) is 0 Å². The topological polar surface area (TPSA) is 122 Å².